The summed E-state index contributed by atoms with van der Waals surface area (Å²) >= 11 is 1.35. The summed E-state index contributed by atoms with van der Waals surface area (Å²) < 4.78 is 5.36. The summed E-state index contributed by atoms with van der Waals surface area (Å²) in [4.78, 5) is 32.3. The summed E-state index contributed by atoms with van der Waals surface area (Å²) in [6, 6.07) is 15.5. The molecule has 2 aliphatic rings. The monoisotopic (exact) mass is 463 g/mol. The van der Waals surface area contributed by atoms with Crippen LogP contribution in [0.25, 0.3) is 6.08 Å². The quantitative estimate of drug-likeness (QED) is 0.636. The van der Waals surface area contributed by atoms with Crippen LogP contribution < -0.4 is 15.0 Å². The third-order valence-corrected chi connectivity index (χ3v) is 7.00. The SMILES string of the molecule is COc1cccc(N2C(=O)/C(=C\c3ccc(C(C)C)cc3)N=C2SC2CCCCNC2=O)c1. The maximum absolute atomic E-state index is 13.5. The highest BCUT2D eigenvalue weighted by Gasteiger charge is 2.35. The molecule has 1 saturated heterocycles. The standard InChI is InChI=1S/C26H29N3O3S/c1-17(2)19-12-10-18(11-13-19)15-22-25(31)29(20-7-6-8-21(16-20)32-3)26(28-22)33-23-9-4-5-14-27-24(23)30/h6-8,10-13,15-17,23H,4-5,9,14H2,1-3H3,(H,27,30)/b22-15+. The van der Waals surface area contributed by atoms with Crippen molar-refractivity contribution in [1.29, 1.82) is 0 Å². The highest BCUT2D eigenvalue weighted by molar-refractivity contribution is 8.15. The third kappa shape index (κ3) is 5.30. The van der Waals surface area contributed by atoms with Gasteiger partial charge in [0.1, 0.15) is 11.4 Å². The van der Waals surface area contributed by atoms with Gasteiger partial charge in [0.15, 0.2) is 5.17 Å². The molecule has 2 aromatic rings. The number of nitrogens with one attached hydrogen (secondary N) is 1. The van der Waals surface area contributed by atoms with Gasteiger partial charge in [-0.25, -0.2) is 4.99 Å². The summed E-state index contributed by atoms with van der Waals surface area (Å²) in [7, 11) is 1.59. The minimum Gasteiger partial charge on any atom is -0.497 e. The van der Waals surface area contributed by atoms with Crippen LogP contribution in [0.1, 0.15) is 50.2 Å². The van der Waals surface area contributed by atoms with Crippen LogP contribution in [0.4, 0.5) is 5.69 Å². The summed E-state index contributed by atoms with van der Waals surface area (Å²) in [6.07, 6.45) is 4.48. The van der Waals surface area contributed by atoms with Crippen LogP contribution in [0, 0.1) is 0 Å². The molecule has 2 amide bonds. The molecule has 2 aliphatic heterocycles. The number of nitrogens with zero attached hydrogens (tertiary/aromatic N) is 2. The first-order valence-electron chi connectivity index (χ1n) is 11.3. The fourth-order valence-corrected chi connectivity index (χ4v) is 5.01. The van der Waals surface area contributed by atoms with Crippen molar-refractivity contribution in [2.45, 2.75) is 44.3 Å². The molecule has 1 atom stereocenters. The Morgan fingerprint density at radius 3 is 2.67 bits per heavy atom. The molecule has 7 heteroatoms. The van der Waals surface area contributed by atoms with E-state index in [0.717, 1.165) is 24.8 Å². The predicted octanol–water partition coefficient (Wildman–Crippen LogP) is 4.96. The van der Waals surface area contributed by atoms with Crippen molar-refractivity contribution in [3.63, 3.8) is 0 Å². The molecule has 0 bridgehead atoms. The Bertz CT molecular complexity index is 1090. The number of thioether (sulfide) groups is 1. The second-order valence-corrected chi connectivity index (χ2v) is 9.65. The molecular formula is C26H29N3O3S. The van der Waals surface area contributed by atoms with E-state index in [9.17, 15) is 9.59 Å². The molecule has 0 radical (unpaired) electrons. The Morgan fingerprint density at radius 1 is 1.15 bits per heavy atom. The zero-order valence-electron chi connectivity index (χ0n) is 19.2. The first-order valence-corrected chi connectivity index (χ1v) is 12.2. The van der Waals surface area contributed by atoms with E-state index in [1.54, 1.807) is 18.1 Å². The van der Waals surface area contributed by atoms with Crippen LogP contribution in [0.3, 0.4) is 0 Å². The Hall–Kier alpha value is -3.06. The summed E-state index contributed by atoms with van der Waals surface area (Å²) in [5, 5.41) is 3.20. The number of hydrogen-bond acceptors (Lipinski definition) is 5. The van der Waals surface area contributed by atoms with Gasteiger partial charge in [-0.3, -0.25) is 14.5 Å². The van der Waals surface area contributed by atoms with Crippen molar-refractivity contribution < 1.29 is 14.3 Å². The molecule has 0 aliphatic carbocycles. The minimum absolute atomic E-state index is 0.0000509. The summed E-state index contributed by atoms with van der Waals surface area (Å²) in [6.45, 7) is 4.99. The van der Waals surface area contributed by atoms with E-state index in [2.05, 4.69) is 31.3 Å². The van der Waals surface area contributed by atoms with Gasteiger partial charge >= 0.3 is 0 Å². The maximum Gasteiger partial charge on any atom is 0.283 e. The Kier molecular flexibility index (Phi) is 7.18. The van der Waals surface area contributed by atoms with Gasteiger partial charge in [-0.2, -0.15) is 0 Å². The Morgan fingerprint density at radius 2 is 1.94 bits per heavy atom. The first-order chi connectivity index (χ1) is 16.0. The lowest BCUT2D eigenvalue weighted by Gasteiger charge is -2.21. The summed E-state index contributed by atoms with van der Waals surface area (Å²) in [5.74, 6) is 0.876. The van der Waals surface area contributed by atoms with E-state index in [0.29, 0.717) is 34.8 Å². The fraction of sp³-hybridized carbons (Fsp3) is 0.346. The number of amides is 2. The minimum atomic E-state index is -0.281. The number of carbonyl (C=O) groups excluding carboxylic acids is 2. The summed E-state index contributed by atoms with van der Waals surface area (Å²) in [5.41, 5.74) is 3.17. The number of methoxy groups -OCH3 is 1. The number of amidine groups is 1. The van der Waals surface area contributed by atoms with Crippen molar-refractivity contribution in [3.05, 3.63) is 65.4 Å². The van der Waals surface area contributed by atoms with Gasteiger partial charge in [0, 0.05) is 12.6 Å². The number of rotatable bonds is 5. The van der Waals surface area contributed by atoms with Gasteiger partial charge in [0.05, 0.1) is 18.0 Å². The topological polar surface area (TPSA) is 71.0 Å². The van der Waals surface area contributed by atoms with E-state index in [1.807, 2.05) is 36.4 Å². The molecule has 172 valence electrons. The lowest BCUT2D eigenvalue weighted by atomic mass is 10.0. The van der Waals surface area contributed by atoms with Gasteiger partial charge in [-0.05, 0) is 48.1 Å². The zero-order valence-corrected chi connectivity index (χ0v) is 20.0. The average molecular weight is 464 g/mol. The van der Waals surface area contributed by atoms with Gasteiger partial charge < -0.3 is 10.1 Å². The van der Waals surface area contributed by atoms with E-state index in [-0.39, 0.29) is 17.1 Å². The Balaban J connectivity index is 1.69. The van der Waals surface area contributed by atoms with Gasteiger partial charge in [0.2, 0.25) is 5.91 Å². The van der Waals surface area contributed by atoms with Gasteiger partial charge in [0.25, 0.3) is 5.91 Å². The highest BCUT2D eigenvalue weighted by atomic mass is 32.2. The van der Waals surface area contributed by atoms with Crippen LogP contribution in [0.2, 0.25) is 0 Å². The largest absolute Gasteiger partial charge is 0.497 e. The van der Waals surface area contributed by atoms with Crippen molar-refractivity contribution in [1.82, 2.24) is 5.32 Å². The number of aliphatic imine (C=N–C) groups is 1. The number of carbonyl (C=O) groups is 2. The van der Waals surface area contributed by atoms with E-state index >= 15 is 0 Å². The van der Waals surface area contributed by atoms with Crippen molar-refractivity contribution in [3.8, 4) is 5.75 Å². The number of anilines is 1. The van der Waals surface area contributed by atoms with Crippen LogP contribution in [-0.4, -0.2) is 35.9 Å². The molecule has 33 heavy (non-hydrogen) atoms. The van der Waals surface area contributed by atoms with Gasteiger partial charge in [-0.1, -0.05) is 62.4 Å². The second-order valence-electron chi connectivity index (χ2n) is 8.48. The second kappa shape index (κ2) is 10.3. The van der Waals surface area contributed by atoms with Crippen LogP contribution in [-0.2, 0) is 9.59 Å². The lowest BCUT2D eigenvalue weighted by molar-refractivity contribution is -0.120. The molecule has 2 heterocycles. The van der Waals surface area contributed by atoms with Crippen molar-refractivity contribution >= 4 is 40.5 Å². The molecule has 0 aromatic heterocycles. The molecule has 2 aromatic carbocycles. The normalized spacial score (nSPS) is 20.1. The highest BCUT2D eigenvalue weighted by Crippen LogP contribution is 2.34. The Labute approximate surface area is 199 Å². The van der Waals surface area contributed by atoms with Crippen LogP contribution in [0.15, 0.2) is 59.2 Å². The van der Waals surface area contributed by atoms with Crippen LogP contribution in [0.5, 0.6) is 5.75 Å². The molecule has 6 nitrogen and oxygen atoms in total. The first kappa shape index (κ1) is 23.1. The van der Waals surface area contributed by atoms with Crippen molar-refractivity contribution in [2.24, 2.45) is 4.99 Å². The van der Waals surface area contributed by atoms with Crippen LogP contribution >= 0.6 is 11.8 Å². The fourth-order valence-electron chi connectivity index (χ4n) is 3.84. The maximum atomic E-state index is 13.5. The van der Waals surface area contributed by atoms with Gasteiger partial charge in [-0.15, -0.1) is 0 Å². The molecule has 1 fully saturated rings. The van der Waals surface area contributed by atoms with E-state index < -0.39 is 0 Å². The molecule has 1 unspecified atom stereocenters. The van der Waals surface area contributed by atoms with E-state index in [1.165, 1.54) is 17.3 Å². The predicted molar refractivity (Wildman–Crippen MR) is 135 cm³/mol. The average Bonchev–Trinajstić information content (AvgIpc) is 2.97. The van der Waals surface area contributed by atoms with E-state index in [4.69, 9.17) is 9.73 Å². The number of benzene rings is 2. The molecule has 0 spiro atoms. The molecule has 1 N–H and O–H groups in total. The smallest absolute Gasteiger partial charge is 0.283 e. The zero-order chi connectivity index (χ0) is 23.4. The molecule has 4 rings (SSSR count). The third-order valence-electron chi connectivity index (χ3n) is 5.78. The number of ether oxygens (including phenoxy) is 1. The lowest BCUT2D eigenvalue weighted by Crippen LogP contribution is -2.35. The molecular weight excluding hydrogens is 434 g/mol. The molecule has 0 saturated carbocycles. The number of hydrogen-bond donors (Lipinski definition) is 1. The van der Waals surface area contributed by atoms with Crippen molar-refractivity contribution in [2.75, 3.05) is 18.6 Å².